The van der Waals surface area contributed by atoms with Crippen LogP contribution in [-0.4, -0.2) is 28.7 Å². The molecule has 0 saturated carbocycles. The fourth-order valence-corrected chi connectivity index (χ4v) is 0.524. The minimum absolute atomic E-state index is 0.806. The molecule has 0 aromatic heterocycles. The second-order valence-electron chi connectivity index (χ2n) is 2.46. The van der Waals surface area contributed by atoms with E-state index in [1.54, 1.807) is 0 Å². The third-order valence-electron chi connectivity index (χ3n) is 1.11. The highest BCUT2D eigenvalue weighted by Gasteiger charge is 2.01. The van der Waals surface area contributed by atoms with Crippen LogP contribution in [-0.2, 0) is 9.59 Å². The number of hydrogen-bond donors (Lipinski definition) is 3. The Hall–Kier alpha value is -1.10. The lowest BCUT2D eigenvalue weighted by atomic mass is 10.3. The molecule has 4 N–H and O–H groups in total. The van der Waals surface area contributed by atoms with E-state index >= 15 is 0 Å². The maximum atomic E-state index is 9.43. The molecule has 0 bridgehead atoms. The first-order chi connectivity index (χ1) is 6.04. The van der Waals surface area contributed by atoms with Crippen LogP contribution < -0.4 is 5.73 Å². The highest BCUT2D eigenvalue weighted by Crippen LogP contribution is 1.88. The third-order valence-corrected chi connectivity index (χ3v) is 1.11. The summed E-state index contributed by atoms with van der Waals surface area (Å²) in [6.45, 7) is 3.03. The van der Waals surface area contributed by atoms with Gasteiger partial charge in [0.25, 0.3) is 0 Å². The number of nitrogens with two attached hydrogens (primary N) is 1. The Bertz CT molecular complexity index is 131. The number of aliphatic carboxylic acids is 2. The standard InChI is InChI=1S/C5H13N.C3H4O4/c1-2-3-4-5-6;4-2(5)1-3(6)7/h2-6H2,1H3;1H2,(H,4,5)(H,6,7). The number of rotatable bonds is 5. The van der Waals surface area contributed by atoms with Gasteiger partial charge in [0.2, 0.25) is 0 Å². The molecule has 0 radical (unpaired) electrons. The van der Waals surface area contributed by atoms with Crippen LogP contribution in [0.5, 0.6) is 0 Å². The van der Waals surface area contributed by atoms with Crippen molar-refractivity contribution in [3.63, 3.8) is 0 Å². The van der Waals surface area contributed by atoms with E-state index in [1.807, 2.05) is 0 Å². The molecule has 13 heavy (non-hydrogen) atoms. The van der Waals surface area contributed by atoms with Crippen LogP contribution in [0.3, 0.4) is 0 Å². The summed E-state index contributed by atoms with van der Waals surface area (Å²) in [5.74, 6) is -2.62. The molecule has 5 nitrogen and oxygen atoms in total. The number of carboxylic acid groups (broad SMARTS) is 2. The van der Waals surface area contributed by atoms with Crippen LogP contribution in [0.4, 0.5) is 0 Å². The minimum atomic E-state index is -1.31. The zero-order valence-electron chi connectivity index (χ0n) is 7.82. The normalized spacial score (nSPS) is 8.46. The van der Waals surface area contributed by atoms with Gasteiger partial charge >= 0.3 is 11.9 Å². The summed E-state index contributed by atoms with van der Waals surface area (Å²) in [5.41, 5.74) is 5.21. The van der Waals surface area contributed by atoms with Crippen LogP contribution in [0, 0.1) is 0 Å². The average molecular weight is 191 g/mol. The van der Waals surface area contributed by atoms with E-state index in [4.69, 9.17) is 15.9 Å². The summed E-state index contributed by atoms with van der Waals surface area (Å²) in [6.07, 6.45) is 2.95. The quantitative estimate of drug-likeness (QED) is 0.438. The Morgan fingerprint density at radius 3 is 1.69 bits per heavy atom. The van der Waals surface area contributed by atoms with E-state index in [9.17, 15) is 9.59 Å². The molecular formula is C8H17NO4. The molecule has 5 heteroatoms. The van der Waals surface area contributed by atoms with Gasteiger partial charge in [-0.25, -0.2) is 0 Å². The van der Waals surface area contributed by atoms with Crippen molar-refractivity contribution in [3.05, 3.63) is 0 Å². The minimum Gasteiger partial charge on any atom is -0.481 e. The van der Waals surface area contributed by atoms with Crippen LogP contribution >= 0.6 is 0 Å². The molecule has 0 aliphatic heterocycles. The molecule has 0 heterocycles. The smallest absolute Gasteiger partial charge is 0.314 e. The Morgan fingerprint density at radius 2 is 1.62 bits per heavy atom. The first-order valence-electron chi connectivity index (χ1n) is 4.18. The molecule has 0 rings (SSSR count). The second-order valence-corrected chi connectivity index (χ2v) is 2.46. The first-order valence-corrected chi connectivity index (χ1v) is 4.18. The van der Waals surface area contributed by atoms with Gasteiger partial charge in [0.05, 0.1) is 0 Å². The summed E-state index contributed by atoms with van der Waals surface area (Å²) in [5, 5.41) is 15.4. The highest BCUT2D eigenvalue weighted by atomic mass is 16.4. The first kappa shape index (κ1) is 14.4. The Morgan fingerprint density at radius 1 is 1.15 bits per heavy atom. The van der Waals surface area contributed by atoms with Crippen LogP contribution in [0.2, 0.25) is 0 Å². The molecule has 0 aliphatic rings. The molecule has 78 valence electrons. The number of hydrogen-bond acceptors (Lipinski definition) is 3. The number of carboxylic acids is 2. The zero-order chi connectivity index (χ0) is 10.7. The fourth-order valence-electron chi connectivity index (χ4n) is 0.524. The predicted octanol–water partition coefficient (Wildman–Crippen LogP) is 0.681. The Balaban J connectivity index is 0. The van der Waals surface area contributed by atoms with Crippen molar-refractivity contribution >= 4 is 11.9 Å². The molecule has 0 aliphatic carbocycles. The molecule has 0 saturated heterocycles. The third kappa shape index (κ3) is 24.8. The topological polar surface area (TPSA) is 101 Å². The molecule has 0 amide bonds. The summed E-state index contributed by atoms with van der Waals surface area (Å²) in [4.78, 5) is 18.9. The lowest BCUT2D eigenvalue weighted by Gasteiger charge is -1.86. The van der Waals surface area contributed by atoms with E-state index in [2.05, 4.69) is 6.92 Å². The molecule has 0 aromatic carbocycles. The molecule has 0 aromatic rings. The second kappa shape index (κ2) is 10.9. The van der Waals surface area contributed by atoms with Crippen molar-refractivity contribution in [3.8, 4) is 0 Å². The number of carbonyl (C=O) groups is 2. The van der Waals surface area contributed by atoms with Gasteiger partial charge in [-0.2, -0.15) is 0 Å². The van der Waals surface area contributed by atoms with Gasteiger partial charge in [0, 0.05) is 0 Å². The van der Waals surface area contributed by atoms with Gasteiger partial charge in [-0.1, -0.05) is 19.8 Å². The Labute approximate surface area is 77.6 Å². The molecule has 0 atom stereocenters. The molecular weight excluding hydrogens is 174 g/mol. The summed E-state index contributed by atoms with van der Waals surface area (Å²) < 4.78 is 0. The van der Waals surface area contributed by atoms with Crippen LogP contribution in [0.25, 0.3) is 0 Å². The van der Waals surface area contributed by atoms with Gasteiger partial charge in [-0.15, -0.1) is 0 Å². The van der Waals surface area contributed by atoms with E-state index < -0.39 is 18.4 Å². The van der Waals surface area contributed by atoms with Crippen LogP contribution in [0.1, 0.15) is 32.6 Å². The van der Waals surface area contributed by atoms with E-state index in [0.717, 1.165) is 6.54 Å². The fraction of sp³-hybridized carbons (Fsp3) is 0.750. The van der Waals surface area contributed by atoms with Crippen molar-refractivity contribution in [2.45, 2.75) is 32.6 Å². The summed E-state index contributed by atoms with van der Waals surface area (Å²) >= 11 is 0. The SMILES string of the molecule is CCCCCN.O=C(O)CC(=O)O. The lowest BCUT2D eigenvalue weighted by molar-refractivity contribution is -0.147. The van der Waals surface area contributed by atoms with Gasteiger partial charge in [0.15, 0.2) is 0 Å². The van der Waals surface area contributed by atoms with Crippen molar-refractivity contribution in [2.75, 3.05) is 6.54 Å². The molecule has 0 fully saturated rings. The summed E-state index contributed by atoms with van der Waals surface area (Å²) in [7, 11) is 0. The maximum absolute atomic E-state index is 9.43. The lowest BCUT2D eigenvalue weighted by Crippen LogP contribution is -2.03. The molecule has 0 unspecified atom stereocenters. The Kier molecular flexibility index (Phi) is 12.1. The van der Waals surface area contributed by atoms with Crippen LogP contribution in [0.15, 0.2) is 0 Å². The molecule has 0 spiro atoms. The van der Waals surface area contributed by atoms with Gasteiger partial charge in [0.1, 0.15) is 6.42 Å². The van der Waals surface area contributed by atoms with Crippen molar-refractivity contribution in [2.24, 2.45) is 5.73 Å². The highest BCUT2D eigenvalue weighted by molar-refractivity contribution is 5.88. The summed E-state index contributed by atoms with van der Waals surface area (Å²) in [6, 6.07) is 0. The largest absolute Gasteiger partial charge is 0.481 e. The van der Waals surface area contributed by atoms with Crippen molar-refractivity contribution < 1.29 is 19.8 Å². The zero-order valence-corrected chi connectivity index (χ0v) is 7.82. The van der Waals surface area contributed by atoms with Gasteiger partial charge < -0.3 is 15.9 Å². The van der Waals surface area contributed by atoms with E-state index in [0.29, 0.717) is 0 Å². The van der Waals surface area contributed by atoms with Gasteiger partial charge in [-0.05, 0) is 13.0 Å². The number of unbranched alkanes of at least 4 members (excludes halogenated alkanes) is 2. The predicted molar refractivity (Wildman–Crippen MR) is 48.5 cm³/mol. The average Bonchev–Trinajstić information content (AvgIpc) is 1.99. The van der Waals surface area contributed by atoms with E-state index in [1.165, 1.54) is 19.3 Å². The van der Waals surface area contributed by atoms with Crippen molar-refractivity contribution in [1.29, 1.82) is 0 Å². The van der Waals surface area contributed by atoms with E-state index in [-0.39, 0.29) is 0 Å². The monoisotopic (exact) mass is 191 g/mol. The van der Waals surface area contributed by atoms with Gasteiger partial charge in [-0.3, -0.25) is 9.59 Å². The van der Waals surface area contributed by atoms with Crippen molar-refractivity contribution in [1.82, 2.24) is 0 Å². The maximum Gasteiger partial charge on any atom is 0.314 e.